The lowest BCUT2D eigenvalue weighted by atomic mass is 9.87. The minimum Gasteiger partial charge on any atom is -0.416 e. The summed E-state index contributed by atoms with van der Waals surface area (Å²) in [6.07, 6.45) is 13.4. The van der Waals surface area contributed by atoms with E-state index in [-0.39, 0.29) is 18.3 Å². The van der Waals surface area contributed by atoms with Crippen LogP contribution < -0.4 is 0 Å². The van der Waals surface area contributed by atoms with Gasteiger partial charge in [0.25, 0.3) is 0 Å². The van der Waals surface area contributed by atoms with Crippen LogP contribution in [0.25, 0.3) is 0 Å². The predicted molar refractivity (Wildman–Crippen MR) is 156 cm³/mol. The lowest BCUT2D eigenvalue weighted by Gasteiger charge is -2.43. The summed E-state index contributed by atoms with van der Waals surface area (Å²) in [7, 11) is -1.83. The molecular weight excluding hydrogens is 480 g/mol. The number of aliphatic hydroxyl groups is 2. The lowest BCUT2D eigenvalue weighted by molar-refractivity contribution is -0.296. The van der Waals surface area contributed by atoms with E-state index in [2.05, 4.69) is 67.2 Å². The molecule has 2 fully saturated rings. The molecule has 2 aliphatic rings. The Kier molecular flexibility index (Phi) is 13.5. The van der Waals surface area contributed by atoms with E-state index >= 15 is 0 Å². The molecule has 2 N–H and O–H groups in total. The standard InChI is InChI=1S/C31H58O5Si/c1-9-10-12-15-27(32)22-28-18-20-31(35-28)19-17-26(8)30(36-31)29(33)16-13-11-14-21-34-37(23(2)3,24(4)5)25(6)7/h9,11,13,23-30,32-33H,1,10,12,14-22H2,2-8H3/b13-11-/t26-,27+,28+,29-,30-,31+/m1/s1. The average Bonchev–Trinajstić information content (AvgIpc) is 3.21. The lowest BCUT2D eigenvalue weighted by Crippen LogP contribution is -2.49. The molecule has 2 rings (SSSR count). The van der Waals surface area contributed by atoms with E-state index < -0.39 is 20.2 Å². The Balaban J connectivity index is 1.82. The second-order valence-electron chi connectivity index (χ2n) is 12.6. The average molecular weight is 539 g/mol. The zero-order chi connectivity index (χ0) is 27.6. The van der Waals surface area contributed by atoms with Gasteiger partial charge >= 0.3 is 0 Å². The van der Waals surface area contributed by atoms with E-state index in [0.717, 1.165) is 58.0 Å². The summed E-state index contributed by atoms with van der Waals surface area (Å²) in [5.74, 6) is -0.307. The summed E-state index contributed by atoms with van der Waals surface area (Å²) in [6.45, 7) is 20.6. The van der Waals surface area contributed by atoms with Gasteiger partial charge in [-0.3, -0.25) is 0 Å². The van der Waals surface area contributed by atoms with Gasteiger partial charge in [-0.15, -0.1) is 6.58 Å². The Morgan fingerprint density at radius 2 is 1.62 bits per heavy atom. The summed E-state index contributed by atoms with van der Waals surface area (Å²) < 4.78 is 19.5. The van der Waals surface area contributed by atoms with Crippen molar-refractivity contribution in [2.75, 3.05) is 6.61 Å². The van der Waals surface area contributed by atoms with E-state index in [9.17, 15) is 10.2 Å². The number of rotatable bonds is 16. The van der Waals surface area contributed by atoms with Crippen molar-refractivity contribution in [1.82, 2.24) is 0 Å². The number of unbranched alkanes of at least 4 members (excludes halogenated alkanes) is 1. The molecule has 0 aliphatic carbocycles. The normalized spacial score (nSPS) is 28.7. The third-order valence-electron chi connectivity index (χ3n) is 8.87. The van der Waals surface area contributed by atoms with Gasteiger partial charge in [0.05, 0.1) is 24.4 Å². The SMILES string of the molecule is C=CCCC[C@H](O)C[C@@H]1CC[C@@]2(CC[C@@H](C)[C@H]([C@H](O)C/C=C\CCO[Si](C(C)C)(C(C)C)C(C)C)O2)O1. The van der Waals surface area contributed by atoms with Gasteiger partial charge in [0.15, 0.2) is 14.1 Å². The molecule has 2 aliphatic heterocycles. The Labute approximate surface area is 229 Å². The minimum absolute atomic E-state index is 0.0306. The van der Waals surface area contributed by atoms with Crippen LogP contribution in [0.15, 0.2) is 24.8 Å². The van der Waals surface area contributed by atoms with Crippen LogP contribution in [0.2, 0.25) is 16.6 Å². The van der Waals surface area contributed by atoms with Crippen LogP contribution in [0.5, 0.6) is 0 Å². The van der Waals surface area contributed by atoms with E-state index in [1.807, 2.05) is 6.08 Å². The Morgan fingerprint density at radius 3 is 2.24 bits per heavy atom. The first-order valence-corrected chi connectivity index (χ1v) is 17.2. The van der Waals surface area contributed by atoms with Crippen LogP contribution >= 0.6 is 0 Å². The topological polar surface area (TPSA) is 68.2 Å². The van der Waals surface area contributed by atoms with Gasteiger partial charge in [0.2, 0.25) is 0 Å². The van der Waals surface area contributed by atoms with Crippen LogP contribution in [-0.4, -0.2) is 55.3 Å². The van der Waals surface area contributed by atoms with Gasteiger partial charge in [-0.2, -0.15) is 0 Å². The summed E-state index contributed by atoms with van der Waals surface area (Å²) in [4.78, 5) is 0. The fourth-order valence-corrected chi connectivity index (χ4v) is 12.4. The molecule has 0 aromatic heterocycles. The smallest absolute Gasteiger partial charge is 0.200 e. The Hall–Kier alpha value is -0.503. The van der Waals surface area contributed by atoms with Crippen molar-refractivity contribution in [3.05, 3.63) is 24.8 Å². The van der Waals surface area contributed by atoms with Crippen molar-refractivity contribution in [3.8, 4) is 0 Å². The van der Waals surface area contributed by atoms with Crippen molar-refractivity contribution >= 4 is 8.32 Å². The monoisotopic (exact) mass is 538 g/mol. The number of allylic oxidation sites excluding steroid dienone is 1. The summed E-state index contributed by atoms with van der Waals surface area (Å²) >= 11 is 0. The first kappa shape index (κ1) is 32.7. The first-order chi connectivity index (χ1) is 17.5. The van der Waals surface area contributed by atoms with Gasteiger partial charge in [0.1, 0.15) is 0 Å². The Morgan fingerprint density at radius 1 is 0.973 bits per heavy atom. The molecular formula is C31H58O5Si. The maximum absolute atomic E-state index is 11.0. The first-order valence-electron chi connectivity index (χ1n) is 15.1. The van der Waals surface area contributed by atoms with Crippen molar-refractivity contribution in [1.29, 1.82) is 0 Å². The fraction of sp³-hybridized carbons (Fsp3) is 0.871. The highest BCUT2D eigenvalue weighted by atomic mass is 28.4. The third-order valence-corrected chi connectivity index (χ3v) is 15.0. The quantitative estimate of drug-likeness (QED) is 0.120. The van der Waals surface area contributed by atoms with Crippen molar-refractivity contribution in [2.45, 2.75) is 160 Å². The molecule has 0 bridgehead atoms. The van der Waals surface area contributed by atoms with Gasteiger partial charge in [-0.1, -0.05) is 66.7 Å². The zero-order valence-corrected chi connectivity index (χ0v) is 26.0. The van der Waals surface area contributed by atoms with Gasteiger partial charge < -0.3 is 24.1 Å². The van der Waals surface area contributed by atoms with Crippen molar-refractivity contribution in [2.24, 2.45) is 5.92 Å². The highest BCUT2D eigenvalue weighted by molar-refractivity contribution is 6.77. The highest BCUT2D eigenvalue weighted by Crippen LogP contribution is 2.45. The Bertz CT molecular complexity index is 671. The number of aliphatic hydroxyl groups excluding tert-OH is 2. The number of hydrogen-bond donors (Lipinski definition) is 2. The highest BCUT2D eigenvalue weighted by Gasteiger charge is 2.48. The van der Waals surface area contributed by atoms with Crippen LogP contribution in [0.1, 0.15) is 113 Å². The molecule has 0 aromatic carbocycles. The number of ether oxygens (including phenoxy) is 2. The summed E-state index contributed by atoms with van der Waals surface area (Å²) in [5, 5.41) is 21.4. The van der Waals surface area contributed by atoms with E-state index in [4.69, 9.17) is 13.9 Å². The summed E-state index contributed by atoms with van der Waals surface area (Å²) in [5.41, 5.74) is 1.77. The largest absolute Gasteiger partial charge is 0.416 e. The van der Waals surface area contributed by atoms with Crippen LogP contribution in [0.4, 0.5) is 0 Å². The molecule has 37 heavy (non-hydrogen) atoms. The molecule has 5 nitrogen and oxygen atoms in total. The van der Waals surface area contributed by atoms with E-state index in [1.54, 1.807) is 0 Å². The number of hydrogen-bond acceptors (Lipinski definition) is 5. The van der Waals surface area contributed by atoms with Crippen LogP contribution in [0, 0.1) is 5.92 Å². The molecule has 2 heterocycles. The predicted octanol–water partition coefficient (Wildman–Crippen LogP) is 7.67. The zero-order valence-electron chi connectivity index (χ0n) is 25.0. The van der Waals surface area contributed by atoms with Crippen LogP contribution in [-0.2, 0) is 13.9 Å². The molecule has 0 saturated carbocycles. The molecule has 2 saturated heterocycles. The molecule has 6 heteroatoms. The molecule has 6 atom stereocenters. The molecule has 0 radical (unpaired) electrons. The molecule has 0 amide bonds. The van der Waals surface area contributed by atoms with Gasteiger partial charge in [-0.05, 0) is 73.9 Å². The van der Waals surface area contributed by atoms with E-state index in [1.165, 1.54) is 0 Å². The molecule has 216 valence electrons. The maximum atomic E-state index is 11.0. The fourth-order valence-electron chi connectivity index (χ4n) is 6.94. The van der Waals surface area contributed by atoms with Crippen molar-refractivity contribution in [3.63, 3.8) is 0 Å². The van der Waals surface area contributed by atoms with Crippen molar-refractivity contribution < 1.29 is 24.1 Å². The van der Waals surface area contributed by atoms with Gasteiger partial charge in [-0.25, -0.2) is 0 Å². The van der Waals surface area contributed by atoms with Gasteiger partial charge in [0, 0.05) is 19.4 Å². The van der Waals surface area contributed by atoms with E-state index in [0.29, 0.717) is 35.4 Å². The maximum Gasteiger partial charge on any atom is 0.200 e. The molecule has 0 aromatic rings. The molecule has 0 unspecified atom stereocenters. The molecule has 1 spiro atoms. The minimum atomic E-state index is -1.83. The third kappa shape index (κ3) is 9.01. The second kappa shape index (κ2) is 15.3. The van der Waals surface area contributed by atoms with Crippen LogP contribution in [0.3, 0.4) is 0 Å². The summed E-state index contributed by atoms with van der Waals surface area (Å²) in [6, 6.07) is 0. The second-order valence-corrected chi connectivity index (χ2v) is 18.1.